The minimum absolute atomic E-state index is 0.124. The third-order valence-electron chi connectivity index (χ3n) is 10.3. The Morgan fingerprint density at radius 3 is 2.40 bits per heavy atom. The number of ether oxygens (including phenoxy) is 3. The van der Waals surface area contributed by atoms with Crippen molar-refractivity contribution in [3.63, 3.8) is 0 Å². The number of Topliss-reactive ketones (excluding diaryl/α,β-unsaturated/α-hetero) is 2. The first-order valence-corrected chi connectivity index (χ1v) is 16.6. The highest BCUT2D eigenvalue weighted by atomic mass is 16.6. The monoisotopic (exact) mass is 661 g/mol. The fourth-order valence-electron chi connectivity index (χ4n) is 7.26. The maximum atomic E-state index is 14.2. The number of rotatable bonds is 7. The highest BCUT2D eigenvalue weighted by Gasteiger charge is 2.59. The number of cyclic esters (lactones) is 1. The van der Waals surface area contributed by atoms with Crippen LogP contribution in [-0.4, -0.2) is 88.4 Å². The van der Waals surface area contributed by atoms with Gasteiger partial charge in [-0.25, -0.2) is 9.48 Å². The van der Waals surface area contributed by atoms with Gasteiger partial charge in [-0.3, -0.25) is 19.3 Å². The van der Waals surface area contributed by atoms with E-state index in [1.54, 1.807) is 64.6 Å². The van der Waals surface area contributed by atoms with E-state index in [1.165, 1.54) is 18.9 Å². The normalized spacial score (nSPS) is 33.8. The second-order valence-corrected chi connectivity index (χ2v) is 13.7. The second kappa shape index (κ2) is 14.6. The number of nitrogens with two attached hydrogens (primary N) is 1. The van der Waals surface area contributed by atoms with Crippen LogP contribution >= 0.6 is 0 Å². The van der Waals surface area contributed by atoms with Crippen molar-refractivity contribution in [3.05, 3.63) is 42.6 Å². The number of carbonyl (C=O) groups excluding carboxylic acids is 4. The topological polar surface area (TPSA) is 156 Å². The molecular weight excluding hydrogens is 613 g/mol. The Kier molecular flexibility index (Phi) is 11.2. The molecule has 2 aliphatic rings. The Morgan fingerprint density at radius 2 is 1.75 bits per heavy atom. The molecule has 48 heavy (non-hydrogen) atoms. The number of aromatic nitrogens is 3. The van der Waals surface area contributed by atoms with Gasteiger partial charge in [0.2, 0.25) is 0 Å². The van der Waals surface area contributed by atoms with Crippen LogP contribution in [0.1, 0.15) is 61.3 Å². The summed E-state index contributed by atoms with van der Waals surface area (Å²) in [5.74, 6) is -5.18. The highest BCUT2D eigenvalue weighted by molar-refractivity contribution is 6.15. The van der Waals surface area contributed by atoms with Crippen LogP contribution < -0.4 is 5.73 Å². The molecule has 0 spiro atoms. The predicted octanol–water partition coefficient (Wildman–Crippen LogP) is 4.43. The average molecular weight is 662 g/mol. The maximum Gasteiger partial charge on any atom is 0.411 e. The van der Waals surface area contributed by atoms with Crippen molar-refractivity contribution < 1.29 is 33.4 Å². The zero-order valence-electron chi connectivity index (χ0n) is 29.2. The molecule has 13 heteroatoms. The number of esters is 1. The quantitative estimate of drug-likeness (QED) is 0.148. The van der Waals surface area contributed by atoms with E-state index < -0.39 is 64.9 Å². The van der Waals surface area contributed by atoms with Gasteiger partial charge in [-0.15, -0.1) is 5.10 Å². The SMILES string of the molecule is [B][C@@H]1[C@@H](C)C(=O)[C@@H](C)C(=O)O[C@H](CC)[C@@]2(C)OC(=O)N(C/C=C/Cn3cc(-c4cccc(N)c4)nn3)[C@@H]2[C@@H](C)C(=O)[C@H](C)C[C@@]1(C)OC. The molecule has 0 bridgehead atoms. The lowest BCUT2D eigenvalue weighted by atomic mass is 9.62. The number of hydrogen-bond acceptors (Lipinski definition) is 10. The number of methoxy groups -OCH3 is 1. The average Bonchev–Trinajstić information content (AvgIpc) is 3.64. The number of nitrogens with zero attached hydrogens (tertiary/aromatic N) is 4. The second-order valence-electron chi connectivity index (χ2n) is 13.7. The largest absolute Gasteiger partial charge is 0.458 e. The molecule has 0 saturated carbocycles. The van der Waals surface area contributed by atoms with E-state index in [2.05, 4.69) is 10.3 Å². The van der Waals surface area contributed by atoms with Gasteiger partial charge in [-0.2, -0.15) is 0 Å². The van der Waals surface area contributed by atoms with E-state index >= 15 is 0 Å². The molecule has 12 nitrogen and oxygen atoms in total. The molecular formula is C35H48BN5O7. The van der Waals surface area contributed by atoms with E-state index in [0.29, 0.717) is 17.9 Å². The number of hydrogen-bond donors (Lipinski definition) is 1. The fraction of sp³-hybridized carbons (Fsp3) is 0.600. The van der Waals surface area contributed by atoms with Crippen molar-refractivity contribution in [1.29, 1.82) is 0 Å². The number of allylic oxidation sites excluding steroid dienone is 1. The van der Waals surface area contributed by atoms with Gasteiger partial charge >= 0.3 is 12.1 Å². The van der Waals surface area contributed by atoms with Crippen LogP contribution in [0.4, 0.5) is 10.5 Å². The van der Waals surface area contributed by atoms with Gasteiger partial charge in [-0.1, -0.05) is 57.2 Å². The Morgan fingerprint density at radius 1 is 1.06 bits per heavy atom. The van der Waals surface area contributed by atoms with Crippen LogP contribution in [0.25, 0.3) is 11.3 Å². The molecule has 1 amide bonds. The molecule has 0 unspecified atom stereocenters. The van der Waals surface area contributed by atoms with Crippen LogP contribution in [-0.2, 0) is 35.1 Å². The van der Waals surface area contributed by atoms with Gasteiger partial charge in [0, 0.05) is 42.7 Å². The molecule has 258 valence electrons. The van der Waals surface area contributed by atoms with Crippen molar-refractivity contribution >= 4 is 37.2 Å². The standard InChI is InChI=1S/C35H48BN5O7/c1-9-27-35(7)31(22(4)28(42)20(2)18-34(6,46-8)30(36)21(3)29(43)23(5)32(44)47-27)41(33(45)48-35)16-11-10-15-40-19-26(38-39-40)24-13-12-14-25(37)17-24/h10-14,17,19-23,27,30-31H,9,15-16,18,37H2,1-8H3/b11-10+/t20-,21+,22+,23-,27-,30-,31-,34-,35-/m1/s1. The molecule has 2 fully saturated rings. The zero-order valence-corrected chi connectivity index (χ0v) is 29.2. The number of ketones is 2. The Hall–Kier alpha value is -4.00. The molecule has 1 aromatic heterocycles. The number of anilines is 1. The van der Waals surface area contributed by atoms with Crippen LogP contribution in [0.2, 0.25) is 5.82 Å². The molecule has 2 N–H and O–H groups in total. The smallest absolute Gasteiger partial charge is 0.411 e. The van der Waals surface area contributed by atoms with Gasteiger partial charge in [0.15, 0.2) is 5.60 Å². The molecule has 4 rings (SSSR count). The molecule has 2 aromatic rings. The molecule has 2 aliphatic heterocycles. The number of fused-ring (bicyclic) bond motifs is 1. The molecule has 9 atom stereocenters. The molecule has 2 saturated heterocycles. The molecule has 1 aromatic carbocycles. The van der Waals surface area contributed by atoms with Crippen molar-refractivity contribution in [1.82, 2.24) is 19.9 Å². The molecule has 0 aliphatic carbocycles. The lowest BCUT2D eigenvalue weighted by Crippen LogP contribution is -2.58. The van der Waals surface area contributed by atoms with Crippen LogP contribution in [0, 0.1) is 23.7 Å². The van der Waals surface area contributed by atoms with E-state index in [0.717, 1.165) is 5.56 Å². The maximum absolute atomic E-state index is 14.2. The van der Waals surface area contributed by atoms with E-state index in [-0.39, 0.29) is 31.0 Å². The van der Waals surface area contributed by atoms with Gasteiger partial charge in [0.05, 0.1) is 32.2 Å². The number of nitrogen functional groups attached to an aromatic ring is 1. The van der Waals surface area contributed by atoms with Crippen molar-refractivity contribution in [2.75, 3.05) is 19.4 Å². The Bertz CT molecular complexity index is 1550. The summed E-state index contributed by atoms with van der Waals surface area (Å²) < 4.78 is 19.5. The summed E-state index contributed by atoms with van der Waals surface area (Å²) in [6, 6.07) is 6.57. The van der Waals surface area contributed by atoms with Gasteiger partial charge in [0.1, 0.15) is 29.3 Å². The van der Waals surface area contributed by atoms with E-state index in [4.69, 9.17) is 27.8 Å². The summed E-state index contributed by atoms with van der Waals surface area (Å²) >= 11 is 0. The fourth-order valence-corrected chi connectivity index (χ4v) is 7.26. The third kappa shape index (κ3) is 7.21. The van der Waals surface area contributed by atoms with Gasteiger partial charge in [0.25, 0.3) is 0 Å². The van der Waals surface area contributed by atoms with Crippen molar-refractivity contribution in [2.45, 2.75) is 97.0 Å². The van der Waals surface area contributed by atoms with Gasteiger partial charge < -0.3 is 19.9 Å². The van der Waals surface area contributed by atoms with Crippen molar-refractivity contribution in [3.8, 4) is 11.3 Å². The first-order chi connectivity index (χ1) is 22.6. The molecule has 3 heterocycles. The summed E-state index contributed by atoms with van der Waals surface area (Å²) in [7, 11) is 8.10. The number of amides is 1. The van der Waals surface area contributed by atoms with Crippen molar-refractivity contribution in [2.24, 2.45) is 23.7 Å². The molecule has 2 radical (unpaired) electrons. The first-order valence-electron chi connectivity index (χ1n) is 16.6. The van der Waals surface area contributed by atoms with Crippen LogP contribution in [0.15, 0.2) is 42.6 Å². The Labute approximate surface area is 284 Å². The third-order valence-corrected chi connectivity index (χ3v) is 10.3. The predicted molar refractivity (Wildman–Crippen MR) is 181 cm³/mol. The summed E-state index contributed by atoms with van der Waals surface area (Å²) in [6.45, 7) is 12.5. The van der Waals surface area contributed by atoms with Gasteiger partial charge in [-0.05, 0) is 51.6 Å². The van der Waals surface area contributed by atoms with E-state index in [1.807, 2.05) is 24.3 Å². The first kappa shape index (κ1) is 36.8. The summed E-state index contributed by atoms with van der Waals surface area (Å²) in [5.41, 5.74) is 5.61. The summed E-state index contributed by atoms with van der Waals surface area (Å²) in [4.78, 5) is 56.1. The lowest BCUT2D eigenvalue weighted by molar-refractivity contribution is -0.171. The number of carbonyl (C=O) groups is 4. The summed E-state index contributed by atoms with van der Waals surface area (Å²) in [5, 5.41) is 8.42. The van der Waals surface area contributed by atoms with E-state index in [9.17, 15) is 19.2 Å². The summed E-state index contributed by atoms with van der Waals surface area (Å²) in [6.07, 6.45) is 4.40. The minimum atomic E-state index is -1.39. The highest BCUT2D eigenvalue weighted by Crippen LogP contribution is 2.43. The zero-order chi connectivity index (χ0) is 35.6. The van der Waals surface area contributed by atoms with Crippen LogP contribution in [0.3, 0.4) is 0 Å². The van der Waals surface area contributed by atoms with Crippen LogP contribution in [0.5, 0.6) is 0 Å². The lowest BCUT2D eigenvalue weighted by Gasteiger charge is -2.43. The Balaban J connectivity index is 1.64. The minimum Gasteiger partial charge on any atom is -0.458 e. The number of benzene rings is 1.